The molecule has 20 heavy (non-hydrogen) atoms. The predicted octanol–water partition coefficient (Wildman–Crippen LogP) is 3.33. The molecule has 0 saturated carbocycles. The maximum atomic E-state index is 9.88. The highest BCUT2D eigenvalue weighted by molar-refractivity contribution is 5.78. The van der Waals surface area contributed by atoms with E-state index < -0.39 is 0 Å². The zero-order valence-electron chi connectivity index (χ0n) is 11.7. The number of pyridine rings is 1. The Morgan fingerprint density at radius 2 is 1.80 bits per heavy atom. The summed E-state index contributed by atoms with van der Waals surface area (Å²) < 4.78 is 0. The first-order chi connectivity index (χ1) is 9.56. The van der Waals surface area contributed by atoms with Crippen LogP contribution in [0.3, 0.4) is 0 Å². The molecule has 0 unspecified atom stereocenters. The van der Waals surface area contributed by atoms with Crippen LogP contribution in [0.15, 0.2) is 24.3 Å². The minimum atomic E-state index is 0.248. The normalized spacial score (nSPS) is 10.9. The van der Waals surface area contributed by atoms with E-state index in [9.17, 15) is 5.11 Å². The van der Waals surface area contributed by atoms with Gasteiger partial charge in [0.15, 0.2) is 0 Å². The lowest BCUT2D eigenvalue weighted by Gasteiger charge is -2.12. The first-order valence-corrected chi connectivity index (χ1v) is 6.45. The fraction of sp³-hybridized carbons (Fsp3) is 0.200. The van der Waals surface area contributed by atoms with Gasteiger partial charge in [-0.05, 0) is 44.0 Å². The van der Waals surface area contributed by atoms with E-state index in [0.29, 0.717) is 17.5 Å². The number of hydrogen-bond donors (Lipinski definition) is 3. The molecule has 0 spiro atoms. The molecular weight excluding hydrogens is 252 g/mol. The third-order valence-corrected chi connectivity index (χ3v) is 3.52. The van der Waals surface area contributed by atoms with Crippen molar-refractivity contribution < 1.29 is 5.11 Å². The quantitative estimate of drug-likeness (QED) is 0.666. The van der Waals surface area contributed by atoms with Gasteiger partial charge in [-0.15, -0.1) is 0 Å². The van der Waals surface area contributed by atoms with Crippen LogP contribution >= 0.6 is 0 Å². The standard InChI is InChI=1S/C15H16N4O/c1-8-9(2)14(16-10(3)13(8)20)19-15-17-11-6-4-5-7-12(11)18-15/h4-7,20H,1-3H3,(H2,16,17,18,19). The van der Waals surface area contributed by atoms with E-state index in [0.717, 1.165) is 22.2 Å². The molecule has 3 N–H and O–H groups in total. The lowest BCUT2D eigenvalue weighted by molar-refractivity contribution is 0.463. The van der Waals surface area contributed by atoms with Crippen molar-refractivity contribution >= 4 is 22.8 Å². The average molecular weight is 268 g/mol. The minimum absolute atomic E-state index is 0.248. The average Bonchev–Trinajstić information content (AvgIpc) is 2.84. The molecule has 0 atom stereocenters. The number of benzene rings is 1. The number of para-hydroxylation sites is 2. The van der Waals surface area contributed by atoms with Crippen LogP contribution in [-0.2, 0) is 0 Å². The molecule has 3 aromatic rings. The van der Waals surface area contributed by atoms with Crippen LogP contribution in [0.1, 0.15) is 16.8 Å². The smallest absolute Gasteiger partial charge is 0.206 e. The van der Waals surface area contributed by atoms with Crippen LogP contribution in [0, 0.1) is 20.8 Å². The third kappa shape index (κ3) is 1.97. The molecule has 1 aromatic carbocycles. The molecule has 3 rings (SSSR count). The topological polar surface area (TPSA) is 73.8 Å². The number of nitrogens with one attached hydrogen (secondary N) is 2. The number of aromatic hydroxyl groups is 1. The Kier molecular flexibility index (Phi) is 2.82. The van der Waals surface area contributed by atoms with Gasteiger partial charge in [-0.2, -0.15) is 0 Å². The van der Waals surface area contributed by atoms with Crippen LogP contribution in [0.4, 0.5) is 11.8 Å². The Balaban J connectivity index is 2.02. The number of fused-ring (bicyclic) bond motifs is 1. The first-order valence-electron chi connectivity index (χ1n) is 6.45. The van der Waals surface area contributed by atoms with Crippen molar-refractivity contribution in [1.82, 2.24) is 15.0 Å². The second kappa shape index (κ2) is 4.52. The number of aromatic amines is 1. The summed E-state index contributed by atoms with van der Waals surface area (Å²) in [6.45, 7) is 5.58. The van der Waals surface area contributed by atoms with Gasteiger partial charge in [0.1, 0.15) is 11.6 Å². The number of imidazole rings is 1. The maximum absolute atomic E-state index is 9.88. The number of aryl methyl sites for hydroxylation is 1. The molecule has 0 fully saturated rings. The van der Waals surface area contributed by atoms with Gasteiger partial charge in [-0.25, -0.2) is 9.97 Å². The molecule has 0 aliphatic carbocycles. The molecule has 0 radical (unpaired) electrons. The van der Waals surface area contributed by atoms with Crippen molar-refractivity contribution in [3.05, 3.63) is 41.1 Å². The van der Waals surface area contributed by atoms with E-state index in [4.69, 9.17) is 0 Å². The van der Waals surface area contributed by atoms with Gasteiger partial charge in [-0.1, -0.05) is 12.1 Å². The fourth-order valence-corrected chi connectivity index (χ4v) is 2.18. The van der Waals surface area contributed by atoms with Gasteiger partial charge in [0, 0.05) is 0 Å². The molecular formula is C15H16N4O. The highest BCUT2D eigenvalue weighted by Gasteiger charge is 2.12. The summed E-state index contributed by atoms with van der Waals surface area (Å²) in [4.78, 5) is 12.0. The lowest BCUT2D eigenvalue weighted by Crippen LogP contribution is -2.01. The zero-order chi connectivity index (χ0) is 14.3. The summed E-state index contributed by atoms with van der Waals surface area (Å²) in [7, 11) is 0. The summed E-state index contributed by atoms with van der Waals surface area (Å²) in [6, 6.07) is 7.83. The van der Waals surface area contributed by atoms with E-state index in [1.807, 2.05) is 38.1 Å². The number of H-pyrrole nitrogens is 1. The third-order valence-electron chi connectivity index (χ3n) is 3.52. The first kappa shape index (κ1) is 12.5. The van der Waals surface area contributed by atoms with Crippen molar-refractivity contribution in [2.75, 3.05) is 5.32 Å². The number of rotatable bonds is 2. The highest BCUT2D eigenvalue weighted by Crippen LogP contribution is 2.29. The summed E-state index contributed by atoms with van der Waals surface area (Å²) in [5.41, 5.74) is 4.22. The van der Waals surface area contributed by atoms with E-state index in [1.165, 1.54) is 0 Å². The van der Waals surface area contributed by atoms with Crippen molar-refractivity contribution in [2.45, 2.75) is 20.8 Å². The molecule has 0 aliphatic rings. The molecule has 0 amide bonds. The van der Waals surface area contributed by atoms with E-state index in [1.54, 1.807) is 6.92 Å². The molecule has 0 aliphatic heterocycles. The van der Waals surface area contributed by atoms with Crippen molar-refractivity contribution in [3.8, 4) is 5.75 Å². The SMILES string of the molecule is Cc1nc(Nc2nc3ccccc3[nH]2)c(C)c(C)c1O. The van der Waals surface area contributed by atoms with Crippen LogP contribution in [0.5, 0.6) is 5.75 Å². The fourth-order valence-electron chi connectivity index (χ4n) is 2.18. The lowest BCUT2D eigenvalue weighted by atomic mass is 10.1. The number of aromatic nitrogens is 3. The largest absolute Gasteiger partial charge is 0.506 e. The van der Waals surface area contributed by atoms with Crippen LogP contribution < -0.4 is 5.32 Å². The Labute approximate surface area is 116 Å². The second-order valence-electron chi connectivity index (χ2n) is 4.87. The monoisotopic (exact) mass is 268 g/mol. The molecule has 5 heteroatoms. The van der Waals surface area contributed by atoms with Gasteiger partial charge in [0.05, 0.1) is 16.7 Å². The molecule has 2 aromatic heterocycles. The van der Waals surface area contributed by atoms with Crippen LogP contribution in [0.2, 0.25) is 0 Å². The van der Waals surface area contributed by atoms with Gasteiger partial charge in [0.2, 0.25) is 5.95 Å². The Bertz CT molecular complexity index is 759. The van der Waals surface area contributed by atoms with Gasteiger partial charge in [0.25, 0.3) is 0 Å². The zero-order valence-corrected chi connectivity index (χ0v) is 11.7. The second-order valence-corrected chi connectivity index (χ2v) is 4.87. The molecule has 5 nitrogen and oxygen atoms in total. The Morgan fingerprint density at radius 1 is 1.05 bits per heavy atom. The van der Waals surface area contributed by atoms with Crippen molar-refractivity contribution in [2.24, 2.45) is 0 Å². The van der Waals surface area contributed by atoms with Gasteiger partial charge < -0.3 is 15.4 Å². The summed E-state index contributed by atoms with van der Waals surface area (Å²) in [5, 5.41) is 13.1. The molecule has 0 saturated heterocycles. The molecule has 0 bridgehead atoms. The van der Waals surface area contributed by atoms with Crippen molar-refractivity contribution in [1.29, 1.82) is 0 Å². The van der Waals surface area contributed by atoms with Gasteiger partial charge in [-0.3, -0.25) is 0 Å². The number of anilines is 2. The maximum Gasteiger partial charge on any atom is 0.206 e. The van der Waals surface area contributed by atoms with E-state index >= 15 is 0 Å². The molecule has 102 valence electrons. The summed E-state index contributed by atoms with van der Waals surface area (Å²) >= 11 is 0. The summed E-state index contributed by atoms with van der Waals surface area (Å²) in [6.07, 6.45) is 0. The molecule has 2 heterocycles. The van der Waals surface area contributed by atoms with Crippen molar-refractivity contribution in [3.63, 3.8) is 0 Å². The van der Waals surface area contributed by atoms with Crippen LogP contribution in [-0.4, -0.2) is 20.1 Å². The van der Waals surface area contributed by atoms with Crippen LogP contribution in [0.25, 0.3) is 11.0 Å². The number of hydrogen-bond acceptors (Lipinski definition) is 4. The predicted molar refractivity (Wildman–Crippen MR) is 79.5 cm³/mol. The Morgan fingerprint density at radius 3 is 2.55 bits per heavy atom. The number of nitrogens with zero attached hydrogens (tertiary/aromatic N) is 2. The van der Waals surface area contributed by atoms with E-state index in [2.05, 4.69) is 20.3 Å². The minimum Gasteiger partial charge on any atom is -0.506 e. The highest BCUT2D eigenvalue weighted by atomic mass is 16.3. The van der Waals surface area contributed by atoms with E-state index in [-0.39, 0.29) is 5.75 Å². The summed E-state index contributed by atoms with van der Waals surface area (Å²) in [5.74, 6) is 1.60. The van der Waals surface area contributed by atoms with Gasteiger partial charge >= 0.3 is 0 Å². The Hall–Kier alpha value is -2.56.